The molecule has 4 aromatic carbocycles. The molecule has 0 bridgehead atoms. The summed E-state index contributed by atoms with van der Waals surface area (Å²) in [6, 6.07) is 14.6. The molecular weight excluding hydrogens is 291 g/mol. The van der Waals surface area contributed by atoms with Crippen LogP contribution in [-0.4, -0.2) is 16.3 Å². The van der Waals surface area contributed by atoms with Crippen LogP contribution < -0.4 is 5.22 Å². The van der Waals surface area contributed by atoms with Gasteiger partial charge in [-0.1, -0.05) is 36.4 Å². The smallest absolute Gasteiger partial charge is 0.131 e. The molecule has 0 fully saturated rings. The van der Waals surface area contributed by atoms with Crippen molar-refractivity contribution >= 4 is 38.4 Å². The second kappa shape index (κ2) is 4.28. The number of benzene rings is 4. The van der Waals surface area contributed by atoms with Crippen LogP contribution in [-0.2, 0) is 0 Å². The lowest BCUT2D eigenvalue weighted by Gasteiger charge is -2.23. The highest BCUT2D eigenvalue weighted by molar-refractivity contribution is 6.22. The zero-order valence-electron chi connectivity index (χ0n) is 12.1. The summed E-state index contributed by atoms with van der Waals surface area (Å²) >= 11 is 0. The molecule has 4 aromatic rings. The summed E-state index contributed by atoms with van der Waals surface area (Å²) in [6.45, 7) is 0. The van der Waals surface area contributed by atoms with Gasteiger partial charge < -0.3 is 10.2 Å². The van der Waals surface area contributed by atoms with Gasteiger partial charge in [0.15, 0.2) is 0 Å². The summed E-state index contributed by atoms with van der Waals surface area (Å²) in [5.74, 6) is -0.245. The van der Waals surface area contributed by atoms with Gasteiger partial charge in [0.25, 0.3) is 0 Å². The van der Waals surface area contributed by atoms with Crippen molar-refractivity contribution in [3.63, 3.8) is 0 Å². The zero-order valence-corrected chi connectivity index (χ0v) is 12.1. The van der Waals surface area contributed by atoms with Crippen molar-refractivity contribution in [3.05, 3.63) is 65.1 Å². The van der Waals surface area contributed by atoms with Crippen LogP contribution in [0.2, 0.25) is 0 Å². The van der Waals surface area contributed by atoms with Gasteiger partial charge in [-0.15, -0.1) is 0 Å². The van der Waals surface area contributed by atoms with Gasteiger partial charge in [-0.05, 0) is 55.9 Å². The minimum absolute atomic E-state index is 0.245. The number of halogens is 1. The van der Waals surface area contributed by atoms with Crippen molar-refractivity contribution in [2.45, 2.75) is 12.2 Å². The monoisotopic (exact) mass is 304 g/mol. The van der Waals surface area contributed by atoms with Crippen LogP contribution in [0.15, 0.2) is 48.5 Å². The van der Waals surface area contributed by atoms with Gasteiger partial charge in [0, 0.05) is 5.39 Å². The first kappa shape index (κ1) is 13.0. The average molecular weight is 304 g/mol. The Labute approximate surface area is 131 Å². The number of aliphatic hydroxyl groups excluding tert-OH is 2. The van der Waals surface area contributed by atoms with Gasteiger partial charge >= 0.3 is 0 Å². The Morgan fingerprint density at radius 3 is 2.52 bits per heavy atom. The molecular formula is C20H13FO2. The minimum atomic E-state index is -0.950. The molecule has 0 spiro atoms. The second-order valence-electron chi connectivity index (χ2n) is 6.15. The number of hydrogen-bond donors (Lipinski definition) is 2. The average Bonchev–Trinajstić information content (AvgIpc) is 2.55. The molecule has 0 aromatic heterocycles. The Morgan fingerprint density at radius 1 is 0.826 bits per heavy atom. The van der Waals surface area contributed by atoms with E-state index in [-0.39, 0.29) is 5.82 Å². The lowest BCUT2D eigenvalue weighted by Crippen LogP contribution is -2.25. The largest absolute Gasteiger partial charge is 0.386 e. The predicted octanol–water partition coefficient (Wildman–Crippen LogP) is 3.19. The van der Waals surface area contributed by atoms with E-state index < -0.39 is 12.2 Å². The number of hydrogen-bond acceptors (Lipinski definition) is 2. The summed E-state index contributed by atoms with van der Waals surface area (Å²) in [7, 11) is 0. The molecule has 0 aliphatic heterocycles. The summed E-state index contributed by atoms with van der Waals surface area (Å²) < 4.78 is 14.4. The normalized spacial score (nSPS) is 20.3. The van der Waals surface area contributed by atoms with Crippen LogP contribution in [0.4, 0.5) is 4.39 Å². The van der Waals surface area contributed by atoms with Gasteiger partial charge in [0.1, 0.15) is 18.0 Å². The molecule has 2 nitrogen and oxygen atoms in total. The molecule has 0 saturated carbocycles. The van der Waals surface area contributed by atoms with E-state index in [4.69, 9.17) is 0 Å². The Morgan fingerprint density at radius 2 is 1.65 bits per heavy atom. The molecule has 0 radical (unpaired) electrons. The summed E-state index contributed by atoms with van der Waals surface area (Å²) in [6.07, 6.45) is -0.204. The number of fused-ring (bicyclic) bond motifs is 2. The summed E-state index contributed by atoms with van der Waals surface area (Å²) in [4.78, 5) is 0. The van der Waals surface area contributed by atoms with E-state index in [0.29, 0.717) is 10.9 Å². The lowest BCUT2D eigenvalue weighted by atomic mass is 9.86. The van der Waals surface area contributed by atoms with Crippen molar-refractivity contribution in [1.29, 1.82) is 0 Å². The summed E-state index contributed by atoms with van der Waals surface area (Å²) in [5.41, 5.74) is 0.698. The molecule has 2 unspecified atom stereocenters. The topological polar surface area (TPSA) is 40.5 Å². The summed E-state index contributed by atoms with van der Waals surface area (Å²) in [5, 5.41) is 26.4. The van der Waals surface area contributed by atoms with E-state index in [1.165, 1.54) is 6.07 Å². The Kier molecular flexibility index (Phi) is 2.42. The van der Waals surface area contributed by atoms with Crippen LogP contribution in [0.25, 0.3) is 38.4 Å². The van der Waals surface area contributed by atoms with Crippen molar-refractivity contribution < 1.29 is 14.6 Å². The maximum absolute atomic E-state index is 14.4. The SMILES string of the molecule is OC1C=c2ccc3c4c(F)cccc4cc4ccc(c2c43)C1O. The van der Waals surface area contributed by atoms with Crippen LogP contribution in [0.1, 0.15) is 11.7 Å². The highest BCUT2D eigenvalue weighted by Gasteiger charge is 2.24. The van der Waals surface area contributed by atoms with E-state index in [0.717, 1.165) is 32.1 Å². The third kappa shape index (κ3) is 1.58. The van der Waals surface area contributed by atoms with E-state index >= 15 is 0 Å². The fourth-order valence-corrected chi connectivity index (χ4v) is 3.86. The van der Waals surface area contributed by atoms with Crippen molar-refractivity contribution in [2.75, 3.05) is 0 Å². The molecule has 0 saturated heterocycles. The molecule has 0 amide bonds. The van der Waals surface area contributed by atoms with Gasteiger partial charge in [0.2, 0.25) is 0 Å². The highest BCUT2D eigenvalue weighted by atomic mass is 19.1. The quantitative estimate of drug-likeness (QED) is 0.387. The maximum atomic E-state index is 14.4. The third-order valence-corrected chi connectivity index (χ3v) is 4.88. The van der Waals surface area contributed by atoms with Crippen molar-refractivity contribution in [1.82, 2.24) is 0 Å². The molecule has 3 heteroatoms. The van der Waals surface area contributed by atoms with Crippen molar-refractivity contribution in [3.8, 4) is 0 Å². The number of aliphatic hydroxyl groups is 2. The van der Waals surface area contributed by atoms with E-state index in [9.17, 15) is 14.6 Å². The molecule has 2 N–H and O–H groups in total. The number of rotatable bonds is 0. The zero-order chi connectivity index (χ0) is 15.7. The van der Waals surface area contributed by atoms with Gasteiger partial charge in [-0.2, -0.15) is 0 Å². The molecule has 1 aliphatic rings. The first-order valence-corrected chi connectivity index (χ1v) is 7.59. The molecule has 5 rings (SSSR count). The Bertz CT molecular complexity index is 1160. The Balaban J connectivity index is 2.14. The first-order chi connectivity index (χ1) is 11.1. The first-order valence-electron chi connectivity index (χ1n) is 7.59. The highest BCUT2D eigenvalue weighted by Crippen LogP contribution is 2.37. The second-order valence-corrected chi connectivity index (χ2v) is 6.15. The van der Waals surface area contributed by atoms with E-state index in [1.54, 1.807) is 12.1 Å². The molecule has 1 aliphatic carbocycles. The van der Waals surface area contributed by atoms with Gasteiger partial charge in [0.05, 0.1) is 0 Å². The third-order valence-electron chi connectivity index (χ3n) is 4.88. The minimum Gasteiger partial charge on any atom is -0.386 e. The fraction of sp³-hybridized carbons (Fsp3) is 0.100. The molecule has 2 atom stereocenters. The van der Waals surface area contributed by atoms with E-state index in [1.807, 2.05) is 36.4 Å². The molecule has 0 heterocycles. The Hall–Kier alpha value is -2.49. The van der Waals surface area contributed by atoms with Crippen LogP contribution in [0, 0.1) is 5.82 Å². The van der Waals surface area contributed by atoms with E-state index in [2.05, 4.69) is 0 Å². The van der Waals surface area contributed by atoms with Crippen LogP contribution >= 0.6 is 0 Å². The predicted molar refractivity (Wildman–Crippen MR) is 89.6 cm³/mol. The maximum Gasteiger partial charge on any atom is 0.131 e. The van der Waals surface area contributed by atoms with Crippen LogP contribution in [0.3, 0.4) is 0 Å². The lowest BCUT2D eigenvalue weighted by molar-refractivity contribution is 0.0572. The van der Waals surface area contributed by atoms with Crippen LogP contribution in [0.5, 0.6) is 0 Å². The van der Waals surface area contributed by atoms with Crippen molar-refractivity contribution in [2.24, 2.45) is 0 Å². The molecule has 23 heavy (non-hydrogen) atoms. The molecule has 112 valence electrons. The fourth-order valence-electron chi connectivity index (χ4n) is 3.86. The van der Waals surface area contributed by atoms with Gasteiger partial charge in [-0.3, -0.25) is 0 Å². The standard InChI is InChI=1S/C20H13FO2/c21-15-3-1-2-10-8-11-5-7-14-19-12(9-16(22)20(14)23)4-6-13(17(10)15)18(11)19/h1-9,16,20,22-23H. The van der Waals surface area contributed by atoms with Gasteiger partial charge in [-0.25, -0.2) is 4.39 Å².